The molecule has 0 nitrogen and oxygen atoms in total. The maximum absolute atomic E-state index is 2.53. The van der Waals surface area contributed by atoms with Crippen molar-refractivity contribution in [1.29, 1.82) is 0 Å². The van der Waals surface area contributed by atoms with Crippen molar-refractivity contribution in [2.75, 3.05) is 0 Å². The van der Waals surface area contributed by atoms with Gasteiger partial charge in [0.2, 0.25) is 0 Å². The Labute approximate surface area is 86.1 Å². The molecule has 3 saturated carbocycles. The zero-order valence-electron chi connectivity index (χ0n) is 8.82. The third-order valence-electron chi connectivity index (χ3n) is 5.49. The fourth-order valence-electron chi connectivity index (χ4n) is 5.17. The summed E-state index contributed by atoms with van der Waals surface area (Å²) in [4.78, 5) is 0. The standard InChI is InChI=1S/C14H18/c1-2-8-5-11-7-12(8)14-10-4-3-9(6-10)13(11)14/h2-4,9-14H,5-7H2,1H3/b8-2+/t9-,10+,11+,12?,13?,14?/m0/s1. The first-order chi connectivity index (χ1) is 6.88. The number of rotatable bonds is 0. The van der Waals surface area contributed by atoms with Gasteiger partial charge in [0.15, 0.2) is 0 Å². The summed E-state index contributed by atoms with van der Waals surface area (Å²) >= 11 is 0. The van der Waals surface area contributed by atoms with Gasteiger partial charge in [-0.3, -0.25) is 0 Å². The molecule has 0 radical (unpaired) electrons. The molecule has 6 atom stereocenters. The number of hydrogen-bond acceptors (Lipinski definition) is 0. The molecule has 4 aliphatic rings. The molecule has 0 heterocycles. The Morgan fingerprint density at radius 3 is 2.71 bits per heavy atom. The lowest BCUT2D eigenvalue weighted by Crippen LogP contribution is -2.26. The van der Waals surface area contributed by atoms with Crippen LogP contribution in [-0.2, 0) is 0 Å². The van der Waals surface area contributed by atoms with E-state index in [2.05, 4.69) is 25.2 Å². The lowest BCUT2D eigenvalue weighted by Gasteiger charge is -2.33. The molecule has 4 rings (SSSR count). The van der Waals surface area contributed by atoms with E-state index >= 15 is 0 Å². The highest BCUT2D eigenvalue weighted by Crippen LogP contribution is 2.66. The predicted molar refractivity (Wildman–Crippen MR) is 57.7 cm³/mol. The van der Waals surface area contributed by atoms with Crippen LogP contribution >= 0.6 is 0 Å². The molecule has 0 saturated heterocycles. The second-order valence-electron chi connectivity index (χ2n) is 5.77. The average Bonchev–Trinajstić information content (AvgIpc) is 2.94. The molecule has 14 heavy (non-hydrogen) atoms. The van der Waals surface area contributed by atoms with Gasteiger partial charge in [-0.1, -0.05) is 23.8 Å². The van der Waals surface area contributed by atoms with Gasteiger partial charge in [-0.05, 0) is 61.7 Å². The highest BCUT2D eigenvalue weighted by molar-refractivity contribution is 5.28. The van der Waals surface area contributed by atoms with E-state index in [0.29, 0.717) is 0 Å². The molecule has 0 amide bonds. The van der Waals surface area contributed by atoms with Crippen molar-refractivity contribution < 1.29 is 0 Å². The molecule has 0 aliphatic heterocycles. The molecule has 0 heteroatoms. The summed E-state index contributed by atoms with van der Waals surface area (Å²) in [6.07, 6.45) is 11.9. The van der Waals surface area contributed by atoms with Crippen LogP contribution < -0.4 is 0 Å². The van der Waals surface area contributed by atoms with Crippen LogP contribution in [0.15, 0.2) is 23.8 Å². The topological polar surface area (TPSA) is 0 Å². The minimum atomic E-state index is 0.968. The van der Waals surface area contributed by atoms with Crippen LogP contribution in [-0.4, -0.2) is 0 Å². The fourth-order valence-corrected chi connectivity index (χ4v) is 5.17. The molecule has 4 aliphatic carbocycles. The molecule has 0 spiro atoms. The third-order valence-corrected chi connectivity index (χ3v) is 5.49. The van der Waals surface area contributed by atoms with Crippen LogP contribution in [0.2, 0.25) is 0 Å². The van der Waals surface area contributed by atoms with Crippen LogP contribution in [0.25, 0.3) is 0 Å². The van der Waals surface area contributed by atoms with Gasteiger partial charge < -0.3 is 0 Å². The number of allylic oxidation sites excluding steroid dienone is 4. The van der Waals surface area contributed by atoms with Gasteiger partial charge >= 0.3 is 0 Å². The van der Waals surface area contributed by atoms with E-state index in [-0.39, 0.29) is 0 Å². The SMILES string of the molecule is C/C=C1\C[C@@H]2CC1C1C2[C@H]2C=C[C@@H]1C2. The van der Waals surface area contributed by atoms with Gasteiger partial charge in [0.25, 0.3) is 0 Å². The molecule has 4 bridgehead atoms. The summed E-state index contributed by atoms with van der Waals surface area (Å²) in [7, 11) is 0. The normalized spacial score (nSPS) is 60.2. The Bertz CT molecular complexity index is 336. The van der Waals surface area contributed by atoms with E-state index in [1.54, 1.807) is 5.57 Å². The Balaban J connectivity index is 1.78. The van der Waals surface area contributed by atoms with Crippen LogP contribution in [0, 0.1) is 35.5 Å². The van der Waals surface area contributed by atoms with Crippen LogP contribution in [0.3, 0.4) is 0 Å². The zero-order chi connectivity index (χ0) is 9.28. The summed E-state index contributed by atoms with van der Waals surface area (Å²) in [5, 5.41) is 0. The number of fused-ring (bicyclic) bond motifs is 9. The summed E-state index contributed by atoms with van der Waals surface area (Å²) < 4.78 is 0. The van der Waals surface area contributed by atoms with Crippen LogP contribution in [0.4, 0.5) is 0 Å². The van der Waals surface area contributed by atoms with Crippen LogP contribution in [0.5, 0.6) is 0 Å². The fraction of sp³-hybridized carbons (Fsp3) is 0.714. The van der Waals surface area contributed by atoms with Crippen molar-refractivity contribution in [3.8, 4) is 0 Å². The van der Waals surface area contributed by atoms with Crippen molar-refractivity contribution >= 4 is 0 Å². The first kappa shape index (κ1) is 7.73. The minimum Gasteiger partial charge on any atom is -0.0882 e. The molecule has 3 fully saturated rings. The van der Waals surface area contributed by atoms with Gasteiger partial charge in [0, 0.05) is 0 Å². The summed E-state index contributed by atoms with van der Waals surface area (Å²) in [6, 6.07) is 0. The second-order valence-corrected chi connectivity index (χ2v) is 5.77. The highest BCUT2D eigenvalue weighted by Gasteiger charge is 2.59. The maximum Gasteiger partial charge on any atom is -0.0163 e. The van der Waals surface area contributed by atoms with E-state index in [1.807, 2.05) is 0 Å². The smallest absolute Gasteiger partial charge is 0.0163 e. The van der Waals surface area contributed by atoms with Gasteiger partial charge in [0.05, 0.1) is 0 Å². The van der Waals surface area contributed by atoms with Crippen molar-refractivity contribution in [3.63, 3.8) is 0 Å². The van der Waals surface area contributed by atoms with Crippen molar-refractivity contribution in [2.24, 2.45) is 35.5 Å². The average molecular weight is 186 g/mol. The lowest BCUT2D eigenvalue weighted by atomic mass is 9.71. The van der Waals surface area contributed by atoms with Crippen molar-refractivity contribution in [1.82, 2.24) is 0 Å². The zero-order valence-corrected chi connectivity index (χ0v) is 8.82. The Morgan fingerprint density at radius 1 is 1.14 bits per heavy atom. The van der Waals surface area contributed by atoms with Crippen LogP contribution in [0.1, 0.15) is 26.2 Å². The van der Waals surface area contributed by atoms with Gasteiger partial charge in [0.1, 0.15) is 0 Å². The molecule has 3 unspecified atom stereocenters. The Hall–Kier alpha value is -0.520. The molecular weight excluding hydrogens is 168 g/mol. The van der Waals surface area contributed by atoms with E-state index < -0.39 is 0 Å². The van der Waals surface area contributed by atoms with Crippen molar-refractivity contribution in [3.05, 3.63) is 23.8 Å². The Morgan fingerprint density at radius 2 is 1.93 bits per heavy atom. The minimum absolute atomic E-state index is 0.968. The van der Waals surface area contributed by atoms with Gasteiger partial charge in [-0.25, -0.2) is 0 Å². The number of hydrogen-bond donors (Lipinski definition) is 0. The molecule has 0 N–H and O–H groups in total. The molecule has 0 aromatic rings. The molecular formula is C14H18. The monoisotopic (exact) mass is 186 g/mol. The molecule has 74 valence electrons. The van der Waals surface area contributed by atoms with Crippen molar-refractivity contribution in [2.45, 2.75) is 26.2 Å². The molecule has 0 aromatic carbocycles. The third kappa shape index (κ3) is 0.699. The summed E-state index contributed by atoms with van der Waals surface area (Å²) in [5.74, 6) is 6.17. The predicted octanol–water partition coefficient (Wildman–Crippen LogP) is 3.41. The van der Waals surface area contributed by atoms with E-state index in [9.17, 15) is 0 Å². The summed E-state index contributed by atoms with van der Waals surface area (Å²) in [6.45, 7) is 2.24. The van der Waals surface area contributed by atoms with E-state index in [1.165, 1.54) is 19.3 Å². The lowest BCUT2D eigenvalue weighted by molar-refractivity contribution is 0.243. The maximum atomic E-state index is 2.53. The Kier molecular flexibility index (Phi) is 1.30. The summed E-state index contributed by atoms with van der Waals surface area (Å²) in [5.41, 5.74) is 1.80. The molecule has 0 aromatic heterocycles. The van der Waals surface area contributed by atoms with Gasteiger partial charge in [-0.15, -0.1) is 0 Å². The van der Waals surface area contributed by atoms with E-state index in [0.717, 1.165) is 35.5 Å². The largest absolute Gasteiger partial charge is 0.0882 e. The highest BCUT2D eigenvalue weighted by atomic mass is 14.6. The van der Waals surface area contributed by atoms with E-state index in [4.69, 9.17) is 0 Å². The van der Waals surface area contributed by atoms with Gasteiger partial charge in [-0.2, -0.15) is 0 Å². The first-order valence-electron chi connectivity index (χ1n) is 6.22. The first-order valence-corrected chi connectivity index (χ1v) is 6.22. The quantitative estimate of drug-likeness (QED) is 0.402. The second kappa shape index (κ2) is 2.35.